The van der Waals surface area contributed by atoms with Gasteiger partial charge < -0.3 is 5.11 Å². The molecular weight excluding hydrogens is 256 g/mol. The minimum atomic E-state index is -0.174. The van der Waals surface area contributed by atoms with Crippen LogP contribution in [0.2, 0.25) is 0 Å². The summed E-state index contributed by atoms with van der Waals surface area (Å²) in [6, 6.07) is 10.7. The molecule has 0 spiro atoms. The van der Waals surface area contributed by atoms with E-state index in [0.29, 0.717) is 11.8 Å². The number of aliphatic hydroxyl groups is 1. The highest BCUT2D eigenvalue weighted by Crippen LogP contribution is 2.50. The Morgan fingerprint density at radius 3 is 2.48 bits per heavy atom. The van der Waals surface area contributed by atoms with E-state index in [9.17, 15) is 5.11 Å². The Hall–Kier alpha value is -0.820. The maximum absolute atomic E-state index is 11.0. The van der Waals surface area contributed by atoms with Crippen molar-refractivity contribution in [1.82, 2.24) is 0 Å². The van der Waals surface area contributed by atoms with Gasteiger partial charge in [-0.05, 0) is 54.9 Å². The summed E-state index contributed by atoms with van der Waals surface area (Å²) in [5.41, 5.74) is 1.32. The predicted octanol–water partition coefficient (Wildman–Crippen LogP) is 5.00. The summed E-state index contributed by atoms with van der Waals surface area (Å²) in [6.45, 7) is 4.53. The van der Waals surface area contributed by atoms with E-state index in [2.05, 4.69) is 44.2 Å². The number of aliphatic hydroxyl groups excluding tert-OH is 1. The van der Waals surface area contributed by atoms with Crippen molar-refractivity contribution in [3.05, 3.63) is 35.9 Å². The van der Waals surface area contributed by atoms with Crippen LogP contribution in [-0.2, 0) is 0 Å². The number of hydrogen-bond donors (Lipinski definition) is 1. The zero-order chi connectivity index (χ0) is 14.8. The van der Waals surface area contributed by atoms with E-state index in [1.807, 2.05) is 0 Å². The molecule has 1 aromatic rings. The first-order valence-electron chi connectivity index (χ1n) is 8.92. The lowest BCUT2D eigenvalue weighted by Gasteiger charge is -2.32. The molecule has 6 unspecified atom stereocenters. The highest BCUT2D eigenvalue weighted by Gasteiger charge is 2.41. The highest BCUT2D eigenvalue weighted by atomic mass is 16.3. The summed E-state index contributed by atoms with van der Waals surface area (Å²) in [4.78, 5) is 0. The van der Waals surface area contributed by atoms with Crippen LogP contribution in [0.5, 0.6) is 0 Å². The number of rotatable bonds is 6. The molecule has 21 heavy (non-hydrogen) atoms. The normalized spacial score (nSPS) is 32.0. The van der Waals surface area contributed by atoms with Crippen molar-refractivity contribution in [3.63, 3.8) is 0 Å². The van der Waals surface area contributed by atoms with Gasteiger partial charge in [-0.15, -0.1) is 0 Å². The van der Waals surface area contributed by atoms with Gasteiger partial charge in [-0.3, -0.25) is 0 Å². The van der Waals surface area contributed by atoms with E-state index in [-0.39, 0.29) is 6.10 Å². The Bertz CT molecular complexity index is 440. The van der Waals surface area contributed by atoms with Gasteiger partial charge in [0.15, 0.2) is 0 Å². The van der Waals surface area contributed by atoms with Crippen LogP contribution in [0.25, 0.3) is 0 Å². The standard InChI is InChI=1S/C20H30O/c1-3-14(2)20(16-7-5-4-6-8-16)19(21)13-18-12-15-9-10-17(18)11-15/h4-8,14-15,17-21H,3,9-13H2,1-2H3. The molecular formula is C20H30O. The highest BCUT2D eigenvalue weighted by molar-refractivity contribution is 5.21. The summed E-state index contributed by atoms with van der Waals surface area (Å²) >= 11 is 0. The molecule has 0 radical (unpaired) electrons. The van der Waals surface area contributed by atoms with Gasteiger partial charge in [0.1, 0.15) is 0 Å². The SMILES string of the molecule is CCC(C)C(c1ccccc1)C(O)CC1CC2CCC1C2. The molecule has 3 rings (SSSR count). The third kappa shape index (κ3) is 3.18. The van der Waals surface area contributed by atoms with Gasteiger partial charge in [-0.25, -0.2) is 0 Å². The van der Waals surface area contributed by atoms with Crippen molar-refractivity contribution in [2.75, 3.05) is 0 Å². The quantitative estimate of drug-likeness (QED) is 0.780. The van der Waals surface area contributed by atoms with Crippen LogP contribution in [-0.4, -0.2) is 11.2 Å². The molecule has 0 saturated heterocycles. The molecule has 0 aliphatic heterocycles. The Kier molecular flexibility index (Phi) is 4.69. The molecule has 2 aliphatic rings. The van der Waals surface area contributed by atoms with E-state index in [1.165, 1.54) is 31.2 Å². The van der Waals surface area contributed by atoms with Crippen LogP contribution in [0.1, 0.15) is 63.9 Å². The third-order valence-corrected chi connectivity index (χ3v) is 6.28. The molecule has 1 aromatic carbocycles. The fourth-order valence-corrected chi connectivity index (χ4v) is 4.98. The first-order chi connectivity index (χ1) is 10.2. The van der Waals surface area contributed by atoms with E-state index in [4.69, 9.17) is 0 Å². The Labute approximate surface area is 129 Å². The molecule has 1 nitrogen and oxygen atoms in total. The van der Waals surface area contributed by atoms with Gasteiger partial charge in [0.05, 0.1) is 6.10 Å². The van der Waals surface area contributed by atoms with Gasteiger partial charge in [-0.1, -0.05) is 57.0 Å². The Morgan fingerprint density at radius 1 is 1.14 bits per heavy atom. The molecule has 0 amide bonds. The topological polar surface area (TPSA) is 20.2 Å². The lowest BCUT2D eigenvalue weighted by atomic mass is 9.76. The molecule has 2 fully saturated rings. The summed E-state index contributed by atoms with van der Waals surface area (Å²) in [5, 5.41) is 11.0. The van der Waals surface area contributed by atoms with Crippen molar-refractivity contribution in [2.24, 2.45) is 23.7 Å². The Balaban J connectivity index is 1.70. The summed E-state index contributed by atoms with van der Waals surface area (Å²) in [7, 11) is 0. The summed E-state index contributed by atoms with van der Waals surface area (Å²) in [5.74, 6) is 3.52. The number of benzene rings is 1. The average Bonchev–Trinajstić information content (AvgIpc) is 3.11. The number of hydrogen-bond acceptors (Lipinski definition) is 1. The second-order valence-electron chi connectivity index (χ2n) is 7.56. The molecule has 6 atom stereocenters. The minimum absolute atomic E-state index is 0.174. The molecule has 116 valence electrons. The first-order valence-corrected chi connectivity index (χ1v) is 8.92. The van der Waals surface area contributed by atoms with Crippen molar-refractivity contribution in [2.45, 2.75) is 64.4 Å². The molecule has 0 aromatic heterocycles. The summed E-state index contributed by atoms with van der Waals surface area (Å²) in [6.07, 6.45) is 7.66. The minimum Gasteiger partial charge on any atom is -0.392 e. The van der Waals surface area contributed by atoms with Gasteiger partial charge in [0.25, 0.3) is 0 Å². The lowest BCUT2D eigenvalue weighted by molar-refractivity contribution is 0.0794. The fourth-order valence-electron chi connectivity index (χ4n) is 4.98. The number of fused-ring (bicyclic) bond motifs is 2. The van der Waals surface area contributed by atoms with Crippen molar-refractivity contribution in [3.8, 4) is 0 Å². The van der Waals surface area contributed by atoms with Crippen LogP contribution in [0.3, 0.4) is 0 Å². The third-order valence-electron chi connectivity index (χ3n) is 6.28. The molecule has 2 aliphatic carbocycles. The van der Waals surface area contributed by atoms with Gasteiger partial charge in [0.2, 0.25) is 0 Å². The molecule has 2 saturated carbocycles. The fraction of sp³-hybridized carbons (Fsp3) is 0.700. The molecule has 1 heteroatoms. The van der Waals surface area contributed by atoms with Crippen LogP contribution < -0.4 is 0 Å². The van der Waals surface area contributed by atoms with Crippen molar-refractivity contribution in [1.29, 1.82) is 0 Å². The van der Waals surface area contributed by atoms with Crippen molar-refractivity contribution < 1.29 is 5.11 Å². The van der Waals surface area contributed by atoms with Crippen molar-refractivity contribution >= 4 is 0 Å². The second-order valence-corrected chi connectivity index (χ2v) is 7.56. The molecule has 0 heterocycles. The second kappa shape index (κ2) is 6.52. The van der Waals surface area contributed by atoms with Crippen LogP contribution >= 0.6 is 0 Å². The molecule has 1 N–H and O–H groups in total. The summed E-state index contributed by atoms with van der Waals surface area (Å²) < 4.78 is 0. The largest absolute Gasteiger partial charge is 0.392 e. The maximum Gasteiger partial charge on any atom is 0.0614 e. The van der Waals surface area contributed by atoms with Crippen LogP contribution in [0.4, 0.5) is 0 Å². The van der Waals surface area contributed by atoms with Crippen LogP contribution in [0, 0.1) is 23.7 Å². The van der Waals surface area contributed by atoms with Gasteiger partial charge in [0, 0.05) is 5.92 Å². The van der Waals surface area contributed by atoms with E-state index in [0.717, 1.165) is 30.6 Å². The van der Waals surface area contributed by atoms with Gasteiger partial charge >= 0.3 is 0 Å². The monoisotopic (exact) mass is 286 g/mol. The maximum atomic E-state index is 11.0. The molecule has 2 bridgehead atoms. The zero-order valence-corrected chi connectivity index (χ0v) is 13.5. The lowest BCUT2D eigenvalue weighted by Crippen LogP contribution is -2.28. The predicted molar refractivity (Wildman–Crippen MR) is 88.2 cm³/mol. The zero-order valence-electron chi connectivity index (χ0n) is 13.5. The van der Waals surface area contributed by atoms with Gasteiger partial charge in [-0.2, -0.15) is 0 Å². The van der Waals surface area contributed by atoms with E-state index >= 15 is 0 Å². The smallest absolute Gasteiger partial charge is 0.0614 e. The first kappa shape index (κ1) is 15.1. The average molecular weight is 286 g/mol. The van der Waals surface area contributed by atoms with Crippen LogP contribution in [0.15, 0.2) is 30.3 Å². The van der Waals surface area contributed by atoms with E-state index < -0.39 is 0 Å². The van der Waals surface area contributed by atoms with E-state index in [1.54, 1.807) is 0 Å². The Morgan fingerprint density at radius 2 is 1.90 bits per heavy atom.